The molecule has 0 aromatic heterocycles. The van der Waals surface area contributed by atoms with Crippen molar-refractivity contribution in [3.05, 3.63) is 48.0 Å². The number of hydrogen-bond acceptors (Lipinski definition) is 2. The lowest BCUT2D eigenvalue weighted by atomic mass is 10.1. The summed E-state index contributed by atoms with van der Waals surface area (Å²) in [5.74, 6) is -0.0640. The molecule has 1 rings (SSSR count). The summed E-state index contributed by atoms with van der Waals surface area (Å²) in [4.78, 5) is 11.1. The van der Waals surface area contributed by atoms with Crippen LogP contribution >= 0.6 is 0 Å². The third-order valence-corrected chi connectivity index (χ3v) is 3.17. The van der Waals surface area contributed by atoms with E-state index in [0.29, 0.717) is 13.0 Å². The Bertz CT molecular complexity index is 382. The minimum Gasteiger partial charge on any atom is -0.466 e. The SMILES string of the molecule is CCOC(=O)CCCCC/C=C/CCc1ccccc1. The number of carbonyl (C=O) groups excluding carboxylic acids is 1. The predicted octanol–water partition coefficient (Wildman–Crippen LogP) is 4.69. The van der Waals surface area contributed by atoms with Crippen LogP contribution in [0.25, 0.3) is 0 Å². The Morgan fingerprint density at radius 3 is 2.55 bits per heavy atom. The maximum absolute atomic E-state index is 11.1. The monoisotopic (exact) mass is 274 g/mol. The molecule has 2 nitrogen and oxygen atoms in total. The summed E-state index contributed by atoms with van der Waals surface area (Å²) >= 11 is 0. The third kappa shape index (κ3) is 8.52. The quantitative estimate of drug-likeness (QED) is 0.351. The first-order valence-electron chi connectivity index (χ1n) is 7.67. The van der Waals surface area contributed by atoms with E-state index in [9.17, 15) is 4.79 Å². The van der Waals surface area contributed by atoms with E-state index in [1.54, 1.807) is 0 Å². The molecule has 0 radical (unpaired) electrons. The molecule has 0 unspecified atom stereocenters. The van der Waals surface area contributed by atoms with Crippen LogP contribution < -0.4 is 0 Å². The fraction of sp³-hybridized carbons (Fsp3) is 0.500. The van der Waals surface area contributed by atoms with Gasteiger partial charge in [-0.3, -0.25) is 4.79 Å². The van der Waals surface area contributed by atoms with Gasteiger partial charge in [-0.15, -0.1) is 0 Å². The van der Waals surface area contributed by atoms with Crippen LogP contribution in [0.5, 0.6) is 0 Å². The number of ether oxygens (including phenoxy) is 1. The molecule has 1 aromatic rings. The van der Waals surface area contributed by atoms with Crippen LogP contribution in [0.4, 0.5) is 0 Å². The molecule has 0 heterocycles. The lowest BCUT2D eigenvalue weighted by Crippen LogP contribution is -2.02. The number of benzene rings is 1. The average molecular weight is 274 g/mol. The van der Waals surface area contributed by atoms with E-state index in [1.807, 2.05) is 6.92 Å². The summed E-state index contributed by atoms with van der Waals surface area (Å²) in [7, 11) is 0. The van der Waals surface area contributed by atoms with Crippen LogP contribution in [0, 0.1) is 0 Å². The van der Waals surface area contributed by atoms with Gasteiger partial charge in [-0.2, -0.15) is 0 Å². The molecule has 0 aliphatic carbocycles. The first-order chi connectivity index (χ1) is 9.83. The number of carbonyl (C=O) groups is 1. The zero-order chi connectivity index (χ0) is 14.5. The van der Waals surface area contributed by atoms with Crippen molar-refractivity contribution in [3.63, 3.8) is 0 Å². The van der Waals surface area contributed by atoms with Crippen molar-refractivity contribution < 1.29 is 9.53 Å². The molecule has 0 bridgehead atoms. The zero-order valence-corrected chi connectivity index (χ0v) is 12.5. The third-order valence-electron chi connectivity index (χ3n) is 3.17. The Hall–Kier alpha value is -1.57. The van der Waals surface area contributed by atoms with Crippen LogP contribution in [-0.4, -0.2) is 12.6 Å². The fourth-order valence-electron chi connectivity index (χ4n) is 2.07. The maximum atomic E-state index is 11.1. The Balaban J connectivity index is 1.93. The molecule has 0 amide bonds. The highest BCUT2D eigenvalue weighted by Gasteiger charge is 1.99. The van der Waals surface area contributed by atoms with E-state index in [2.05, 4.69) is 42.5 Å². The molecule has 0 saturated heterocycles. The van der Waals surface area contributed by atoms with Gasteiger partial charge in [0.2, 0.25) is 0 Å². The smallest absolute Gasteiger partial charge is 0.305 e. The topological polar surface area (TPSA) is 26.3 Å². The minimum atomic E-state index is -0.0640. The molecule has 0 saturated carbocycles. The summed E-state index contributed by atoms with van der Waals surface area (Å²) in [5.41, 5.74) is 1.39. The van der Waals surface area contributed by atoms with Crippen molar-refractivity contribution in [3.8, 4) is 0 Å². The van der Waals surface area contributed by atoms with Crippen molar-refractivity contribution in [1.82, 2.24) is 0 Å². The second-order valence-electron chi connectivity index (χ2n) is 4.90. The summed E-state index contributed by atoms with van der Waals surface area (Å²) in [5, 5.41) is 0. The maximum Gasteiger partial charge on any atom is 0.305 e. The lowest BCUT2D eigenvalue weighted by molar-refractivity contribution is -0.143. The van der Waals surface area contributed by atoms with E-state index in [0.717, 1.165) is 38.5 Å². The molecule has 20 heavy (non-hydrogen) atoms. The van der Waals surface area contributed by atoms with Crippen molar-refractivity contribution in [1.29, 1.82) is 0 Å². The van der Waals surface area contributed by atoms with Crippen molar-refractivity contribution in [2.45, 2.75) is 51.9 Å². The molecule has 0 aliphatic rings. The molecule has 110 valence electrons. The molecule has 0 spiro atoms. The molecular formula is C18H26O2. The Labute approximate surface area is 122 Å². The van der Waals surface area contributed by atoms with Crippen LogP contribution in [0.3, 0.4) is 0 Å². The number of rotatable bonds is 10. The van der Waals surface area contributed by atoms with Crippen LogP contribution in [0.1, 0.15) is 51.0 Å². The van der Waals surface area contributed by atoms with E-state index >= 15 is 0 Å². The Kier molecular flexibility index (Phi) is 9.29. The minimum absolute atomic E-state index is 0.0640. The summed E-state index contributed by atoms with van der Waals surface area (Å²) in [6.07, 6.45) is 11.6. The van der Waals surface area contributed by atoms with Crippen LogP contribution in [0.15, 0.2) is 42.5 Å². The van der Waals surface area contributed by atoms with E-state index in [4.69, 9.17) is 4.74 Å². The van der Waals surface area contributed by atoms with Crippen molar-refractivity contribution >= 4 is 5.97 Å². The van der Waals surface area contributed by atoms with Gasteiger partial charge in [0.25, 0.3) is 0 Å². The fourth-order valence-corrected chi connectivity index (χ4v) is 2.07. The van der Waals surface area contributed by atoms with Gasteiger partial charge in [-0.05, 0) is 44.6 Å². The first kappa shape index (κ1) is 16.5. The number of hydrogen-bond donors (Lipinski definition) is 0. The van der Waals surface area contributed by atoms with Gasteiger partial charge in [0.15, 0.2) is 0 Å². The van der Waals surface area contributed by atoms with Crippen molar-refractivity contribution in [2.24, 2.45) is 0 Å². The highest BCUT2D eigenvalue weighted by atomic mass is 16.5. The van der Waals surface area contributed by atoms with Crippen LogP contribution in [-0.2, 0) is 16.0 Å². The molecule has 0 aliphatic heterocycles. The van der Waals surface area contributed by atoms with Gasteiger partial charge in [0, 0.05) is 6.42 Å². The van der Waals surface area contributed by atoms with Gasteiger partial charge in [0.05, 0.1) is 6.61 Å². The predicted molar refractivity (Wildman–Crippen MR) is 83.6 cm³/mol. The molecular weight excluding hydrogens is 248 g/mol. The van der Waals surface area contributed by atoms with E-state index < -0.39 is 0 Å². The first-order valence-corrected chi connectivity index (χ1v) is 7.67. The highest BCUT2D eigenvalue weighted by Crippen LogP contribution is 2.06. The Morgan fingerprint density at radius 2 is 1.80 bits per heavy atom. The van der Waals surface area contributed by atoms with Gasteiger partial charge < -0.3 is 4.74 Å². The molecule has 2 heteroatoms. The molecule has 0 fully saturated rings. The second kappa shape index (κ2) is 11.3. The van der Waals surface area contributed by atoms with E-state index in [-0.39, 0.29) is 5.97 Å². The van der Waals surface area contributed by atoms with Crippen LogP contribution in [0.2, 0.25) is 0 Å². The number of unbranched alkanes of at least 4 members (excludes halogenated alkanes) is 3. The molecule has 0 N–H and O–H groups in total. The van der Waals surface area contributed by atoms with Gasteiger partial charge >= 0.3 is 5.97 Å². The molecule has 0 atom stereocenters. The van der Waals surface area contributed by atoms with Gasteiger partial charge in [-0.25, -0.2) is 0 Å². The number of esters is 1. The highest BCUT2D eigenvalue weighted by molar-refractivity contribution is 5.69. The molecule has 1 aromatic carbocycles. The van der Waals surface area contributed by atoms with E-state index in [1.165, 1.54) is 5.56 Å². The standard InChI is InChI=1S/C18H26O2/c1-2-20-18(19)16-12-7-5-3-4-6-9-13-17-14-10-8-11-15-17/h4,6,8,10-11,14-15H,2-3,5,7,9,12-13,16H2,1H3/b6-4+. The lowest BCUT2D eigenvalue weighted by Gasteiger charge is -2.00. The number of aryl methyl sites for hydroxylation is 1. The largest absolute Gasteiger partial charge is 0.466 e. The summed E-state index contributed by atoms with van der Waals surface area (Å²) in [6.45, 7) is 2.33. The Morgan fingerprint density at radius 1 is 1.05 bits per heavy atom. The normalized spacial score (nSPS) is 10.8. The summed E-state index contributed by atoms with van der Waals surface area (Å²) < 4.78 is 4.89. The average Bonchev–Trinajstić information content (AvgIpc) is 2.47. The van der Waals surface area contributed by atoms with Gasteiger partial charge in [-0.1, -0.05) is 48.9 Å². The zero-order valence-electron chi connectivity index (χ0n) is 12.5. The summed E-state index contributed by atoms with van der Waals surface area (Å²) in [6, 6.07) is 10.6. The second-order valence-corrected chi connectivity index (χ2v) is 4.90. The number of allylic oxidation sites excluding steroid dienone is 2. The van der Waals surface area contributed by atoms with Gasteiger partial charge in [0.1, 0.15) is 0 Å². The van der Waals surface area contributed by atoms with Crippen molar-refractivity contribution in [2.75, 3.05) is 6.61 Å².